The van der Waals surface area contributed by atoms with Crippen molar-refractivity contribution in [1.82, 2.24) is 4.98 Å². The molecule has 0 spiro atoms. The van der Waals surface area contributed by atoms with Gasteiger partial charge in [0.25, 0.3) is 0 Å². The summed E-state index contributed by atoms with van der Waals surface area (Å²) >= 11 is 0. The van der Waals surface area contributed by atoms with Gasteiger partial charge in [0, 0.05) is 17.8 Å². The quantitative estimate of drug-likeness (QED) is 0.377. The van der Waals surface area contributed by atoms with Gasteiger partial charge in [0.05, 0.1) is 33.1 Å². The molecule has 0 aliphatic carbocycles. The molecule has 2 rings (SSSR count). The van der Waals surface area contributed by atoms with Crippen LogP contribution in [0.2, 0.25) is 0 Å². The van der Waals surface area contributed by atoms with Gasteiger partial charge in [-0.25, -0.2) is 9.98 Å². The number of nitrogens with two attached hydrogens (primary N) is 1. The average molecular weight is 458 g/mol. The second-order valence-electron chi connectivity index (χ2n) is 4.79. The molecular weight excluding hydrogens is 435 g/mol. The third-order valence-electron chi connectivity index (χ3n) is 3.22. The summed E-state index contributed by atoms with van der Waals surface area (Å²) in [5.74, 6) is 2.16. The molecule has 0 aliphatic heterocycles. The number of hydrogen-bond acceptors (Lipinski definition) is 5. The number of pyridine rings is 1. The number of aromatic nitrogens is 1. The first-order chi connectivity index (χ1) is 11.7. The molecule has 0 aliphatic rings. The SMILES string of the molecule is CCOc1ncccc1CN=C(N)Nc1cc(OC)ccc1OC.I. The molecule has 2 aromatic rings. The van der Waals surface area contributed by atoms with Gasteiger partial charge in [0.2, 0.25) is 5.88 Å². The highest BCUT2D eigenvalue weighted by Crippen LogP contribution is 2.28. The third-order valence-corrected chi connectivity index (χ3v) is 3.22. The highest BCUT2D eigenvalue weighted by atomic mass is 127. The molecule has 0 bridgehead atoms. The Labute approximate surface area is 164 Å². The predicted molar refractivity (Wildman–Crippen MR) is 109 cm³/mol. The molecule has 0 saturated carbocycles. The Morgan fingerprint density at radius 2 is 2.04 bits per heavy atom. The Morgan fingerprint density at radius 3 is 2.72 bits per heavy atom. The molecule has 0 atom stereocenters. The highest BCUT2D eigenvalue weighted by molar-refractivity contribution is 14.0. The molecule has 0 fully saturated rings. The minimum absolute atomic E-state index is 0. The van der Waals surface area contributed by atoms with Gasteiger partial charge in [-0.2, -0.15) is 0 Å². The predicted octanol–water partition coefficient (Wildman–Crippen LogP) is 3.04. The fourth-order valence-electron chi connectivity index (χ4n) is 2.07. The van der Waals surface area contributed by atoms with E-state index in [-0.39, 0.29) is 29.9 Å². The topological polar surface area (TPSA) is 91.0 Å². The maximum absolute atomic E-state index is 5.97. The van der Waals surface area contributed by atoms with E-state index in [2.05, 4.69) is 15.3 Å². The van der Waals surface area contributed by atoms with Gasteiger partial charge in [-0.3, -0.25) is 0 Å². The molecule has 7 nitrogen and oxygen atoms in total. The molecule has 1 aromatic carbocycles. The van der Waals surface area contributed by atoms with Crippen LogP contribution in [0.5, 0.6) is 17.4 Å². The highest BCUT2D eigenvalue weighted by Gasteiger charge is 2.07. The minimum Gasteiger partial charge on any atom is -0.497 e. The van der Waals surface area contributed by atoms with Crippen molar-refractivity contribution in [2.45, 2.75) is 13.5 Å². The van der Waals surface area contributed by atoms with Crippen LogP contribution in [-0.2, 0) is 6.54 Å². The van der Waals surface area contributed by atoms with Crippen LogP contribution in [0.1, 0.15) is 12.5 Å². The van der Waals surface area contributed by atoms with E-state index in [1.165, 1.54) is 0 Å². The lowest BCUT2D eigenvalue weighted by Crippen LogP contribution is -2.23. The summed E-state index contributed by atoms with van der Waals surface area (Å²) in [7, 11) is 3.19. The molecule has 0 amide bonds. The van der Waals surface area contributed by atoms with Crippen LogP contribution in [0.4, 0.5) is 5.69 Å². The molecule has 0 saturated heterocycles. The number of aliphatic imine (C=N–C) groups is 1. The number of benzene rings is 1. The van der Waals surface area contributed by atoms with E-state index in [1.54, 1.807) is 38.6 Å². The molecule has 25 heavy (non-hydrogen) atoms. The van der Waals surface area contributed by atoms with Crippen molar-refractivity contribution in [2.75, 3.05) is 26.1 Å². The Bertz CT molecular complexity index is 710. The molecule has 0 unspecified atom stereocenters. The van der Waals surface area contributed by atoms with Crippen LogP contribution in [0.3, 0.4) is 0 Å². The van der Waals surface area contributed by atoms with Gasteiger partial charge in [0.1, 0.15) is 11.5 Å². The summed E-state index contributed by atoms with van der Waals surface area (Å²) in [5.41, 5.74) is 7.51. The lowest BCUT2D eigenvalue weighted by molar-refractivity contribution is 0.323. The number of anilines is 1. The van der Waals surface area contributed by atoms with Crippen LogP contribution in [0.15, 0.2) is 41.5 Å². The standard InChI is InChI=1S/C17H22N4O3.HI/c1-4-24-16-12(6-5-9-19-16)11-20-17(18)21-14-10-13(22-2)7-8-15(14)23-3;/h5-10H,4,11H2,1-3H3,(H3,18,20,21);1H. The summed E-state index contributed by atoms with van der Waals surface area (Å²) in [5, 5.41) is 3.02. The van der Waals surface area contributed by atoms with Gasteiger partial charge in [-0.05, 0) is 25.1 Å². The van der Waals surface area contributed by atoms with Crippen molar-refractivity contribution in [3.63, 3.8) is 0 Å². The summed E-state index contributed by atoms with van der Waals surface area (Å²) in [6, 6.07) is 9.13. The van der Waals surface area contributed by atoms with Crippen molar-refractivity contribution >= 4 is 35.6 Å². The second kappa shape index (κ2) is 10.6. The first-order valence-electron chi connectivity index (χ1n) is 7.53. The smallest absolute Gasteiger partial charge is 0.218 e. The van der Waals surface area contributed by atoms with Crippen molar-refractivity contribution < 1.29 is 14.2 Å². The fourth-order valence-corrected chi connectivity index (χ4v) is 2.07. The fraction of sp³-hybridized carbons (Fsp3) is 0.294. The second-order valence-corrected chi connectivity index (χ2v) is 4.79. The first kappa shape index (κ1) is 20.8. The third kappa shape index (κ3) is 5.96. The molecule has 1 aromatic heterocycles. The molecular formula is C17H23IN4O3. The number of methoxy groups -OCH3 is 2. The minimum atomic E-state index is 0. The van der Waals surface area contributed by atoms with Gasteiger partial charge >= 0.3 is 0 Å². The lowest BCUT2D eigenvalue weighted by Gasteiger charge is -2.12. The molecule has 0 radical (unpaired) electrons. The van der Waals surface area contributed by atoms with Gasteiger partial charge in [-0.1, -0.05) is 6.07 Å². The number of rotatable bonds is 7. The number of nitrogens with one attached hydrogen (secondary N) is 1. The molecule has 136 valence electrons. The van der Waals surface area contributed by atoms with Crippen molar-refractivity contribution in [2.24, 2.45) is 10.7 Å². The monoisotopic (exact) mass is 458 g/mol. The van der Waals surface area contributed by atoms with Crippen molar-refractivity contribution in [3.8, 4) is 17.4 Å². The number of ether oxygens (including phenoxy) is 3. The van der Waals surface area contributed by atoms with E-state index in [9.17, 15) is 0 Å². The van der Waals surface area contributed by atoms with Gasteiger partial charge in [-0.15, -0.1) is 24.0 Å². The summed E-state index contributed by atoms with van der Waals surface area (Å²) in [6.45, 7) is 2.81. The van der Waals surface area contributed by atoms with E-state index < -0.39 is 0 Å². The number of nitrogens with zero attached hydrogens (tertiary/aromatic N) is 2. The number of guanidine groups is 1. The van der Waals surface area contributed by atoms with Crippen LogP contribution >= 0.6 is 24.0 Å². The Hall–Kier alpha value is -2.23. The van der Waals surface area contributed by atoms with E-state index in [1.807, 2.05) is 19.1 Å². The number of hydrogen-bond donors (Lipinski definition) is 2. The van der Waals surface area contributed by atoms with Crippen LogP contribution in [-0.4, -0.2) is 31.8 Å². The zero-order valence-corrected chi connectivity index (χ0v) is 16.8. The van der Waals surface area contributed by atoms with Crippen LogP contribution in [0, 0.1) is 0 Å². The van der Waals surface area contributed by atoms with E-state index in [0.29, 0.717) is 36.2 Å². The Balaban J connectivity index is 0.00000312. The summed E-state index contributed by atoms with van der Waals surface area (Å²) in [4.78, 5) is 8.52. The lowest BCUT2D eigenvalue weighted by atomic mass is 10.2. The molecule has 8 heteroatoms. The Morgan fingerprint density at radius 1 is 1.24 bits per heavy atom. The van der Waals surface area contributed by atoms with E-state index in [0.717, 1.165) is 5.56 Å². The zero-order valence-electron chi connectivity index (χ0n) is 14.5. The molecule has 3 N–H and O–H groups in total. The largest absolute Gasteiger partial charge is 0.497 e. The first-order valence-corrected chi connectivity index (χ1v) is 7.53. The van der Waals surface area contributed by atoms with Crippen LogP contribution < -0.4 is 25.3 Å². The van der Waals surface area contributed by atoms with Crippen molar-refractivity contribution in [1.29, 1.82) is 0 Å². The van der Waals surface area contributed by atoms with Crippen LogP contribution in [0.25, 0.3) is 0 Å². The normalized spacial score (nSPS) is 10.6. The maximum atomic E-state index is 5.97. The van der Waals surface area contributed by atoms with Crippen molar-refractivity contribution in [3.05, 3.63) is 42.1 Å². The Kier molecular flexibility index (Phi) is 8.82. The maximum Gasteiger partial charge on any atom is 0.218 e. The zero-order chi connectivity index (χ0) is 17.4. The van der Waals surface area contributed by atoms with E-state index >= 15 is 0 Å². The number of halogens is 1. The average Bonchev–Trinajstić information content (AvgIpc) is 2.61. The summed E-state index contributed by atoms with van der Waals surface area (Å²) in [6.07, 6.45) is 1.68. The van der Waals surface area contributed by atoms with E-state index in [4.69, 9.17) is 19.9 Å². The van der Waals surface area contributed by atoms with Gasteiger partial charge < -0.3 is 25.3 Å². The van der Waals surface area contributed by atoms with Gasteiger partial charge in [0.15, 0.2) is 5.96 Å². The summed E-state index contributed by atoms with van der Waals surface area (Å²) < 4.78 is 16.0. The molecule has 1 heterocycles.